The molecule has 2 atom stereocenters. The lowest BCUT2D eigenvalue weighted by Crippen LogP contribution is -2.34. The summed E-state index contributed by atoms with van der Waals surface area (Å²) < 4.78 is 5.98. The molecule has 0 amide bonds. The Morgan fingerprint density at radius 1 is 1.33 bits per heavy atom. The number of rotatable bonds is 5. The Morgan fingerprint density at radius 2 is 2.11 bits per heavy atom. The number of nitrogens with two attached hydrogens (primary N) is 1. The van der Waals surface area contributed by atoms with Crippen molar-refractivity contribution < 1.29 is 4.74 Å². The zero-order chi connectivity index (χ0) is 13.0. The minimum absolute atomic E-state index is 0.0500. The van der Waals surface area contributed by atoms with Gasteiger partial charge in [0.25, 0.3) is 0 Å². The van der Waals surface area contributed by atoms with Gasteiger partial charge in [-0.3, -0.25) is 0 Å². The molecule has 0 fully saturated rings. The second kappa shape index (κ2) is 6.35. The van der Waals surface area contributed by atoms with Crippen LogP contribution in [0.5, 0.6) is 0 Å². The molecule has 18 heavy (non-hydrogen) atoms. The number of aryl methyl sites for hydroxylation is 1. The molecule has 2 rings (SSSR count). The van der Waals surface area contributed by atoms with E-state index < -0.39 is 0 Å². The molecule has 1 aromatic rings. The molecule has 0 heterocycles. The van der Waals surface area contributed by atoms with Crippen LogP contribution >= 0.6 is 0 Å². The average Bonchev–Trinajstić information content (AvgIpc) is 2.37. The molecule has 0 aromatic heterocycles. The van der Waals surface area contributed by atoms with Crippen LogP contribution in [0, 0.1) is 5.92 Å². The Bertz CT molecular complexity index is 375. The molecule has 2 N–H and O–H groups in total. The first-order chi connectivity index (χ1) is 8.68. The van der Waals surface area contributed by atoms with Crippen molar-refractivity contribution in [3.63, 3.8) is 0 Å². The summed E-state index contributed by atoms with van der Waals surface area (Å²) >= 11 is 0. The van der Waals surface area contributed by atoms with Crippen LogP contribution in [0.3, 0.4) is 0 Å². The van der Waals surface area contributed by atoms with Crippen molar-refractivity contribution in [2.75, 3.05) is 6.61 Å². The maximum Gasteiger partial charge on any atom is 0.0770 e. The van der Waals surface area contributed by atoms with Crippen molar-refractivity contribution in [1.82, 2.24) is 0 Å². The fourth-order valence-electron chi connectivity index (χ4n) is 2.68. The number of ether oxygens (including phenoxy) is 1. The second-order valence-corrected chi connectivity index (χ2v) is 5.71. The Morgan fingerprint density at radius 3 is 2.89 bits per heavy atom. The molecule has 1 aliphatic rings. The van der Waals surface area contributed by atoms with Crippen molar-refractivity contribution in [1.29, 1.82) is 0 Å². The van der Waals surface area contributed by atoms with Gasteiger partial charge >= 0.3 is 0 Å². The van der Waals surface area contributed by atoms with E-state index in [0.717, 1.165) is 31.8 Å². The maximum absolute atomic E-state index is 6.31. The Kier molecular flexibility index (Phi) is 4.79. The van der Waals surface area contributed by atoms with E-state index in [2.05, 4.69) is 38.1 Å². The van der Waals surface area contributed by atoms with Gasteiger partial charge in [0.15, 0.2) is 0 Å². The summed E-state index contributed by atoms with van der Waals surface area (Å²) in [6, 6.07) is 8.54. The van der Waals surface area contributed by atoms with Gasteiger partial charge in [0.1, 0.15) is 0 Å². The summed E-state index contributed by atoms with van der Waals surface area (Å²) in [5.74, 6) is 0.759. The van der Waals surface area contributed by atoms with Gasteiger partial charge in [0, 0.05) is 6.61 Å². The lowest BCUT2D eigenvalue weighted by atomic mass is 9.86. The Labute approximate surface area is 111 Å². The van der Waals surface area contributed by atoms with Crippen LogP contribution in [-0.4, -0.2) is 12.7 Å². The third-order valence-corrected chi connectivity index (χ3v) is 3.77. The van der Waals surface area contributed by atoms with E-state index in [9.17, 15) is 0 Å². The molecule has 2 nitrogen and oxygen atoms in total. The van der Waals surface area contributed by atoms with Crippen molar-refractivity contribution in [3.05, 3.63) is 35.4 Å². The quantitative estimate of drug-likeness (QED) is 0.809. The van der Waals surface area contributed by atoms with Crippen LogP contribution in [0.15, 0.2) is 24.3 Å². The molecule has 0 bridgehead atoms. The van der Waals surface area contributed by atoms with Crippen molar-refractivity contribution in [3.8, 4) is 0 Å². The predicted octanol–water partition coefficient (Wildman–Crippen LogP) is 3.45. The highest BCUT2D eigenvalue weighted by atomic mass is 16.5. The maximum atomic E-state index is 6.31. The summed E-state index contributed by atoms with van der Waals surface area (Å²) in [7, 11) is 0. The monoisotopic (exact) mass is 247 g/mol. The summed E-state index contributed by atoms with van der Waals surface area (Å²) in [6.07, 6.45) is 4.73. The molecular weight excluding hydrogens is 222 g/mol. The zero-order valence-corrected chi connectivity index (χ0v) is 11.6. The highest BCUT2D eigenvalue weighted by Gasteiger charge is 2.26. The number of hydrogen-bond acceptors (Lipinski definition) is 2. The van der Waals surface area contributed by atoms with Crippen molar-refractivity contribution in [2.45, 2.75) is 51.7 Å². The van der Waals surface area contributed by atoms with Gasteiger partial charge in [0.05, 0.1) is 12.1 Å². The molecule has 2 heteroatoms. The first kappa shape index (κ1) is 13.6. The van der Waals surface area contributed by atoms with Gasteiger partial charge in [-0.05, 0) is 42.7 Å². The average molecular weight is 247 g/mol. The van der Waals surface area contributed by atoms with Gasteiger partial charge in [0.2, 0.25) is 0 Å². The van der Waals surface area contributed by atoms with E-state index in [-0.39, 0.29) is 12.1 Å². The first-order valence-electron chi connectivity index (χ1n) is 7.13. The number of hydrogen-bond donors (Lipinski definition) is 1. The third-order valence-electron chi connectivity index (χ3n) is 3.77. The molecule has 0 saturated carbocycles. The smallest absolute Gasteiger partial charge is 0.0770 e. The highest BCUT2D eigenvalue weighted by Crippen LogP contribution is 2.30. The molecule has 0 spiro atoms. The van der Waals surface area contributed by atoms with Crippen molar-refractivity contribution in [2.24, 2.45) is 11.7 Å². The summed E-state index contributed by atoms with van der Waals surface area (Å²) in [6.45, 7) is 5.35. The van der Waals surface area contributed by atoms with E-state index in [1.807, 2.05) is 0 Å². The SMILES string of the molecule is CC(C)CCCOC1CCc2ccccc2C1N. The van der Waals surface area contributed by atoms with E-state index in [4.69, 9.17) is 10.5 Å². The van der Waals surface area contributed by atoms with Gasteiger partial charge in [-0.15, -0.1) is 0 Å². The molecule has 100 valence electrons. The van der Waals surface area contributed by atoms with Gasteiger partial charge in [-0.25, -0.2) is 0 Å². The lowest BCUT2D eigenvalue weighted by Gasteiger charge is -2.31. The third kappa shape index (κ3) is 3.33. The van der Waals surface area contributed by atoms with Crippen LogP contribution in [0.2, 0.25) is 0 Å². The van der Waals surface area contributed by atoms with Crippen LogP contribution < -0.4 is 5.73 Å². The van der Waals surface area contributed by atoms with Gasteiger partial charge in [-0.2, -0.15) is 0 Å². The van der Waals surface area contributed by atoms with Gasteiger partial charge in [-0.1, -0.05) is 38.1 Å². The summed E-state index contributed by atoms with van der Waals surface area (Å²) in [5, 5.41) is 0. The van der Waals surface area contributed by atoms with E-state index in [0.29, 0.717) is 0 Å². The van der Waals surface area contributed by atoms with E-state index in [1.54, 1.807) is 0 Å². The van der Waals surface area contributed by atoms with Crippen LogP contribution in [0.4, 0.5) is 0 Å². The molecule has 0 radical (unpaired) electrons. The first-order valence-corrected chi connectivity index (χ1v) is 7.13. The molecule has 0 saturated heterocycles. The molecule has 0 aliphatic heterocycles. The largest absolute Gasteiger partial charge is 0.376 e. The summed E-state index contributed by atoms with van der Waals surface area (Å²) in [5.41, 5.74) is 8.98. The molecular formula is C16H25NO. The fourth-order valence-corrected chi connectivity index (χ4v) is 2.68. The Hall–Kier alpha value is -0.860. The second-order valence-electron chi connectivity index (χ2n) is 5.71. The van der Waals surface area contributed by atoms with Gasteiger partial charge < -0.3 is 10.5 Å². The lowest BCUT2D eigenvalue weighted by molar-refractivity contribution is 0.0221. The molecule has 2 unspecified atom stereocenters. The summed E-state index contributed by atoms with van der Waals surface area (Å²) in [4.78, 5) is 0. The minimum Gasteiger partial charge on any atom is -0.376 e. The van der Waals surface area contributed by atoms with Crippen LogP contribution in [-0.2, 0) is 11.2 Å². The molecule has 1 aliphatic carbocycles. The van der Waals surface area contributed by atoms with Crippen molar-refractivity contribution >= 4 is 0 Å². The predicted molar refractivity (Wildman–Crippen MR) is 75.5 cm³/mol. The van der Waals surface area contributed by atoms with Crippen LogP contribution in [0.1, 0.15) is 50.3 Å². The number of fused-ring (bicyclic) bond motifs is 1. The van der Waals surface area contributed by atoms with E-state index >= 15 is 0 Å². The fraction of sp³-hybridized carbons (Fsp3) is 0.625. The molecule has 1 aromatic carbocycles. The zero-order valence-electron chi connectivity index (χ0n) is 11.6. The number of benzene rings is 1. The van der Waals surface area contributed by atoms with Crippen LogP contribution in [0.25, 0.3) is 0 Å². The standard InChI is InChI=1S/C16H25NO/c1-12(2)6-5-11-18-15-10-9-13-7-3-4-8-14(13)16(15)17/h3-4,7-8,12,15-16H,5-6,9-11,17H2,1-2H3. The Balaban J connectivity index is 1.85. The normalized spacial score (nSPS) is 23.1. The van der Waals surface area contributed by atoms with E-state index in [1.165, 1.54) is 17.5 Å². The highest BCUT2D eigenvalue weighted by molar-refractivity contribution is 5.33. The minimum atomic E-state index is 0.0500. The topological polar surface area (TPSA) is 35.2 Å².